The van der Waals surface area contributed by atoms with Crippen molar-refractivity contribution >= 4 is 5.91 Å². The minimum absolute atomic E-state index is 0.0239. The quantitative estimate of drug-likeness (QED) is 0.668. The smallest absolute Gasteiger partial charge is 0.252 e. The highest BCUT2D eigenvalue weighted by molar-refractivity contribution is 5.80. The molecular weight excluding hydrogens is 206 g/mol. The molecule has 1 aliphatic heterocycles. The van der Waals surface area contributed by atoms with Crippen LogP contribution in [-0.4, -0.2) is 68.7 Å². The highest BCUT2D eigenvalue weighted by atomic mass is 16.5. The summed E-state index contributed by atoms with van der Waals surface area (Å²) in [5.41, 5.74) is 5.46. The van der Waals surface area contributed by atoms with Gasteiger partial charge in [-0.05, 0) is 25.9 Å². The first kappa shape index (κ1) is 13.4. The SMILES string of the molecule is COC(CN)C(=O)N(C)CCN1CCCC1. The number of carbonyl (C=O) groups excluding carboxylic acids is 1. The topological polar surface area (TPSA) is 58.8 Å². The van der Waals surface area contributed by atoms with E-state index in [1.807, 2.05) is 0 Å². The first-order chi connectivity index (χ1) is 7.69. The Hall–Kier alpha value is -0.650. The molecule has 1 amide bonds. The molecule has 16 heavy (non-hydrogen) atoms. The first-order valence-electron chi connectivity index (χ1n) is 5.89. The van der Waals surface area contributed by atoms with Crippen molar-refractivity contribution in [2.75, 3.05) is 46.9 Å². The van der Waals surface area contributed by atoms with Crippen LogP contribution in [0.3, 0.4) is 0 Å². The molecule has 5 heteroatoms. The zero-order valence-electron chi connectivity index (χ0n) is 10.3. The highest BCUT2D eigenvalue weighted by Crippen LogP contribution is 2.06. The fourth-order valence-corrected chi connectivity index (χ4v) is 1.95. The normalized spacial score (nSPS) is 18.7. The maximum Gasteiger partial charge on any atom is 0.252 e. The van der Waals surface area contributed by atoms with Crippen molar-refractivity contribution < 1.29 is 9.53 Å². The Bertz CT molecular complexity index is 213. The predicted molar refractivity (Wildman–Crippen MR) is 63.2 cm³/mol. The molecule has 5 nitrogen and oxygen atoms in total. The molecule has 1 heterocycles. The second-order valence-electron chi connectivity index (χ2n) is 4.27. The van der Waals surface area contributed by atoms with Crippen molar-refractivity contribution in [3.8, 4) is 0 Å². The molecule has 1 fully saturated rings. The average Bonchev–Trinajstić information content (AvgIpc) is 2.80. The molecule has 0 aliphatic carbocycles. The van der Waals surface area contributed by atoms with Crippen molar-refractivity contribution in [1.82, 2.24) is 9.80 Å². The summed E-state index contributed by atoms with van der Waals surface area (Å²) in [4.78, 5) is 15.9. The van der Waals surface area contributed by atoms with E-state index in [1.54, 1.807) is 11.9 Å². The van der Waals surface area contributed by atoms with Gasteiger partial charge in [0, 0.05) is 33.8 Å². The molecule has 0 aromatic rings. The Balaban J connectivity index is 2.27. The lowest BCUT2D eigenvalue weighted by molar-refractivity contribution is -0.140. The van der Waals surface area contributed by atoms with Crippen LogP contribution in [0.4, 0.5) is 0 Å². The molecule has 0 saturated carbocycles. The summed E-state index contributed by atoms with van der Waals surface area (Å²) in [6.07, 6.45) is 2.06. The van der Waals surface area contributed by atoms with Crippen molar-refractivity contribution in [3.63, 3.8) is 0 Å². The van der Waals surface area contributed by atoms with Gasteiger partial charge in [0.1, 0.15) is 6.10 Å². The number of hydrogen-bond donors (Lipinski definition) is 1. The Morgan fingerprint density at radius 3 is 2.62 bits per heavy atom. The molecule has 0 aromatic carbocycles. The predicted octanol–water partition coefficient (Wildman–Crippen LogP) is -0.486. The van der Waals surface area contributed by atoms with Crippen molar-refractivity contribution in [2.24, 2.45) is 5.73 Å². The first-order valence-corrected chi connectivity index (χ1v) is 5.89. The summed E-state index contributed by atoms with van der Waals surface area (Å²) in [6.45, 7) is 4.25. The number of likely N-dealkylation sites (N-methyl/N-ethyl adjacent to an activating group) is 1. The Labute approximate surface area is 97.5 Å². The molecule has 2 N–H and O–H groups in total. The number of likely N-dealkylation sites (tertiary alicyclic amines) is 1. The van der Waals surface area contributed by atoms with E-state index in [0.29, 0.717) is 0 Å². The lowest BCUT2D eigenvalue weighted by Gasteiger charge is -2.24. The summed E-state index contributed by atoms with van der Waals surface area (Å²) in [6, 6.07) is 0. The molecule has 0 aromatic heterocycles. The third kappa shape index (κ3) is 3.73. The lowest BCUT2D eigenvalue weighted by Crippen LogP contribution is -2.44. The molecule has 1 unspecified atom stereocenters. The van der Waals surface area contributed by atoms with E-state index in [4.69, 9.17) is 10.5 Å². The minimum Gasteiger partial charge on any atom is -0.370 e. The second-order valence-corrected chi connectivity index (χ2v) is 4.27. The largest absolute Gasteiger partial charge is 0.370 e. The van der Waals surface area contributed by atoms with Gasteiger partial charge in [0.25, 0.3) is 5.91 Å². The van der Waals surface area contributed by atoms with E-state index in [1.165, 1.54) is 20.0 Å². The minimum atomic E-state index is -0.497. The maximum absolute atomic E-state index is 11.8. The maximum atomic E-state index is 11.8. The molecule has 1 atom stereocenters. The number of nitrogens with two attached hydrogens (primary N) is 1. The summed E-state index contributed by atoms with van der Waals surface area (Å²) < 4.78 is 5.02. The van der Waals surface area contributed by atoms with Gasteiger partial charge in [-0.2, -0.15) is 0 Å². The number of amides is 1. The van der Waals surface area contributed by atoms with E-state index in [0.717, 1.165) is 26.2 Å². The van der Waals surface area contributed by atoms with Crippen molar-refractivity contribution in [3.05, 3.63) is 0 Å². The number of methoxy groups -OCH3 is 1. The summed E-state index contributed by atoms with van der Waals surface area (Å²) in [5.74, 6) is -0.0239. The number of carbonyl (C=O) groups is 1. The Morgan fingerprint density at radius 1 is 1.50 bits per heavy atom. The van der Waals surface area contributed by atoms with Crippen LogP contribution < -0.4 is 5.73 Å². The molecule has 0 spiro atoms. The monoisotopic (exact) mass is 229 g/mol. The Kier molecular flexibility index (Phi) is 5.73. The molecule has 0 radical (unpaired) electrons. The van der Waals surface area contributed by atoms with Crippen LogP contribution in [0.1, 0.15) is 12.8 Å². The van der Waals surface area contributed by atoms with Gasteiger partial charge in [0.05, 0.1) is 0 Å². The van der Waals surface area contributed by atoms with Gasteiger partial charge in [-0.15, -0.1) is 0 Å². The second kappa shape index (κ2) is 6.83. The fourth-order valence-electron chi connectivity index (χ4n) is 1.95. The molecule has 1 aliphatic rings. The molecule has 1 saturated heterocycles. The summed E-state index contributed by atoms with van der Waals surface area (Å²) >= 11 is 0. The van der Waals surface area contributed by atoms with Crippen LogP contribution in [0.5, 0.6) is 0 Å². The fraction of sp³-hybridized carbons (Fsp3) is 0.909. The van der Waals surface area contributed by atoms with Gasteiger partial charge in [-0.25, -0.2) is 0 Å². The van der Waals surface area contributed by atoms with Crippen molar-refractivity contribution in [1.29, 1.82) is 0 Å². The van der Waals surface area contributed by atoms with Gasteiger partial charge in [-0.1, -0.05) is 0 Å². The van der Waals surface area contributed by atoms with E-state index >= 15 is 0 Å². The third-order valence-corrected chi connectivity index (χ3v) is 3.10. The number of nitrogens with zero attached hydrogens (tertiary/aromatic N) is 2. The number of hydrogen-bond acceptors (Lipinski definition) is 4. The van der Waals surface area contributed by atoms with Crippen molar-refractivity contribution in [2.45, 2.75) is 18.9 Å². The summed E-state index contributed by atoms with van der Waals surface area (Å²) in [7, 11) is 3.32. The number of ether oxygens (including phenoxy) is 1. The standard InChI is InChI=1S/C11H23N3O2/c1-13(11(15)10(9-12)16-2)7-8-14-5-3-4-6-14/h10H,3-9,12H2,1-2H3. The Morgan fingerprint density at radius 2 is 2.12 bits per heavy atom. The van der Waals surface area contributed by atoms with E-state index in [2.05, 4.69) is 4.90 Å². The zero-order valence-corrected chi connectivity index (χ0v) is 10.3. The van der Waals surface area contributed by atoms with Gasteiger partial charge in [0.15, 0.2) is 0 Å². The zero-order chi connectivity index (χ0) is 12.0. The van der Waals surface area contributed by atoms with Crippen LogP contribution in [0, 0.1) is 0 Å². The van der Waals surface area contributed by atoms with Crippen LogP contribution in [0.2, 0.25) is 0 Å². The van der Waals surface area contributed by atoms with E-state index in [-0.39, 0.29) is 12.5 Å². The van der Waals surface area contributed by atoms with Gasteiger partial charge in [0.2, 0.25) is 0 Å². The van der Waals surface area contributed by atoms with Crippen LogP contribution >= 0.6 is 0 Å². The van der Waals surface area contributed by atoms with Crippen LogP contribution in [0.25, 0.3) is 0 Å². The summed E-state index contributed by atoms with van der Waals surface area (Å²) in [5, 5.41) is 0. The van der Waals surface area contributed by atoms with E-state index < -0.39 is 6.10 Å². The molecule has 94 valence electrons. The molecular formula is C11H23N3O2. The van der Waals surface area contributed by atoms with E-state index in [9.17, 15) is 4.79 Å². The third-order valence-electron chi connectivity index (χ3n) is 3.10. The van der Waals surface area contributed by atoms with Crippen LogP contribution in [0.15, 0.2) is 0 Å². The van der Waals surface area contributed by atoms with Gasteiger partial charge < -0.3 is 20.3 Å². The molecule has 0 bridgehead atoms. The van der Waals surface area contributed by atoms with Gasteiger partial charge in [-0.3, -0.25) is 4.79 Å². The number of rotatable bonds is 6. The van der Waals surface area contributed by atoms with Crippen LogP contribution in [-0.2, 0) is 9.53 Å². The highest BCUT2D eigenvalue weighted by Gasteiger charge is 2.20. The molecule has 1 rings (SSSR count). The average molecular weight is 229 g/mol. The lowest BCUT2D eigenvalue weighted by atomic mass is 10.3. The van der Waals surface area contributed by atoms with Gasteiger partial charge >= 0.3 is 0 Å².